The molecule has 298 valence electrons. The van der Waals surface area contributed by atoms with E-state index in [1.165, 1.54) is 21.6 Å². The third-order valence-corrected chi connectivity index (χ3v) is 9.83. The van der Waals surface area contributed by atoms with Crippen LogP contribution in [0.25, 0.3) is 0 Å². The lowest BCUT2D eigenvalue weighted by Gasteiger charge is -2.35. The first-order valence-corrected chi connectivity index (χ1v) is 19.6. The molecule has 1 saturated heterocycles. The molecular weight excluding hydrogens is 729 g/mol. The number of amides is 6. The molecule has 2 heterocycles. The highest BCUT2D eigenvalue weighted by Gasteiger charge is 2.46. The van der Waals surface area contributed by atoms with Crippen molar-refractivity contribution < 1.29 is 43.0 Å². The quantitative estimate of drug-likeness (QED) is 0.240. The van der Waals surface area contributed by atoms with Gasteiger partial charge >= 0.3 is 0 Å². The van der Waals surface area contributed by atoms with Crippen molar-refractivity contribution >= 4 is 53.0 Å². The molecule has 0 spiro atoms. The van der Waals surface area contributed by atoms with Crippen LogP contribution < -0.4 is 26.0 Å². The zero-order valence-corrected chi connectivity index (χ0v) is 33.0. The summed E-state index contributed by atoms with van der Waals surface area (Å²) in [4.78, 5) is 96.4. The Morgan fingerprint density at radius 3 is 2.40 bits per heavy atom. The Bertz CT molecular complexity index is 1720. The third kappa shape index (κ3) is 12.0. The predicted octanol–water partition coefficient (Wildman–Crippen LogP) is 1.01. The zero-order chi connectivity index (χ0) is 40.3. The largest absolute Gasteiger partial charge is 0.493 e. The van der Waals surface area contributed by atoms with E-state index in [1.807, 2.05) is 20.8 Å². The number of thioether (sulfide) groups is 1. The van der Waals surface area contributed by atoms with Gasteiger partial charge in [0.25, 0.3) is 5.91 Å². The molecule has 4 rings (SSSR count). The van der Waals surface area contributed by atoms with Gasteiger partial charge in [-0.1, -0.05) is 63.2 Å². The molecule has 16 heteroatoms. The molecule has 2 aliphatic heterocycles. The Labute approximate surface area is 326 Å². The molecule has 1 fully saturated rings. The maximum absolute atomic E-state index is 14.3. The molecule has 0 aromatic heterocycles. The second-order valence-corrected chi connectivity index (χ2v) is 15.7. The number of nitrogens with one attached hydrogen (secondary N) is 4. The number of Topliss-reactive ketones (excluding diaryl/α,β-unsaturated/α-hetero) is 1. The number of benzene rings is 2. The summed E-state index contributed by atoms with van der Waals surface area (Å²) in [5.74, 6) is -4.07. The van der Waals surface area contributed by atoms with Crippen LogP contribution in [0.5, 0.6) is 5.75 Å². The molecule has 4 N–H and O–H groups in total. The second-order valence-electron chi connectivity index (χ2n) is 14.8. The molecule has 55 heavy (non-hydrogen) atoms. The summed E-state index contributed by atoms with van der Waals surface area (Å²) < 4.78 is 12.0. The number of carbonyl (C=O) groups excluding carboxylic acids is 7. The second kappa shape index (κ2) is 19.6. The summed E-state index contributed by atoms with van der Waals surface area (Å²) in [5.41, 5.74) is 0.504. The number of carbonyl (C=O) groups is 7. The summed E-state index contributed by atoms with van der Waals surface area (Å²) >= 11 is 1.22. The van der Waals surface area contributed by atoms with Gasteiger partial charge < -0.3 is 40.5 Å². The van der Waals surface area contributed by atoms with Crippen molar-refractivity contribution in [1.82, 2.24) is 31.1 Å². The fraction of sp³-hybridized carbons (Fsp3) is 0.513. The van der Waals surface area contributed by atoms with Crippen LogP contribution in [0.2, 0.25) is 0 Å². The number of hydrogen-bond acceptors (Lipinski definition) is 10. The normalized spacial score (nSPS) is 20.3. The molecule has 1 unspecified atom stereocenters. The predicted molar refractivity (Wildman–Crippen MR) is 206 cm³/mol. The molecule has 5 atom stereocenters. The Morgan fingerprint density at radius 1 is 1.00 bits per heavy atom. The van der Waals surface area contributed by atoms with Gasteiger partial charge in [-0.25, -0.2) is 0 Å². The molecule has 2 aliphatic rings. The molecule has 0 saturated carbocycles. The number of likely N-dealkylation sites (N-methyl/N-ethyl adjacent to an activating group) is 1. The van der Waals surface area contributed by atoms with Crippen molar-refractivity contribution in [1.29, 1.82) is 0 Å². The SMILES string of the molecule is CSCC(NC(=O)[C@@H]1C[C@@H]2CN1C(=O)[C@H](C(C)(C)C)NC(=O)Cc1cccc(c1)OCCCO2)C(=O)C(=O)NCC(=O)N[C@H](C(=O)N(C)C)c1ccccc1. The van der Waals surface area contributed by atoms with E-state index in [9.17, 15) is 33.6 Å². The van der Waals surface area contributed by atoms with E-state index in [0.717, 1.165) is 0 Å². The Balaban J connectivity index is 1.47. The highest BCUT2D eigenvalue weighted by Crippen LogP contribution is 2.28. The van der Waals surface area contributed by atoms with Crippen molar-refractivity contribution in [3.05, 3.63) is 65.7 Å². The van der Waals surface area contributed by atoms with Crippen LogP contribution in [-0.4, -0.2) is 128 Å². The Hall–Kier alpha value is -4.96. The van der Waals surface area contributed by atoms with Gasteiger partial charge in [0.05, 0.1) is 32.3 Å². The summed E-state index contributed by atoms with van der Waals surface area (Å²) in [5, 5.41) is 10.5. The number of hydrogen-bond donors (Lipinski definition) is 4. The van der Waals surface area contributed by atoms with Gasteiger partial charge in [0, 0.05) is 39.2 Å². The number of ether oxygens (including phenoxy) is 2. The highest BCUT2D eigenvalue weighted by atomic mass is 32.2. The summed E-state index contributed by atoms with van der Waals surface area (Å²) in [6.45, 7) is 5.56. The minimum absolute atomic E-state index is 0.0106. The number of ketones is 1. The number of rotatable bonds is 11. The third-order valence-electron chi connectivity index (χ3n) is 9.17. The lowest BCUT2D eigenvalue weighted by atomic mass is 9.85. The lowest BCUT2D eigenvalue weighted by molar-refractivity contribution is -0.145. The first-order chi connectivity index (χ1) is 26.1. The molecule has 2 aromatic carbocycles. The van der Waals surface area contributed by atoms with Gasteiger partial charge in [-0.2, -0.15) is 11.8 Å². The number of nitrogens with zero attached hydrogens (tertiary/aromatic N) is 2. The first-order valence-electron chi connectivity index (χ1n) is 18.2. The van der Waals surface area contributed by atoms with Gasteiger partial charge in [0.15, 0.2) is 0 Å². The maximum Gasteiger partial charge on any atom is 0.290 e. The van der Waals surface area contributed by atoms with Gasteiger partial charge in [0.2, 0.25) is 35.3 Å². The summed E-state index contributed by atoms with van der Waals surface area (Å²) in [6, 6.07) is 11.4. The van der Waals surface area contributed by atoms with E-state index in [0.29, 0.717) is 36.5 Å². The minimum Gasteiger partial charge on any atom is -0.493 e. The van der Waals surface area contributed by atoms with Crippen LogP contribution in [0.3, 0.4) is 0 Å². The van der Waals surface area contributed by atoms with E-state index in [1.54, 1.807) is 74.9 Å². The van der Waals surface area contributed by atoms with Crippen molar-refractivity contribution in [2.45, 2.75) is 70.3 Å². The van der Waals surface area contributed by atoms with E-state index in [4.69, 9.17) is 9.47 Å². The highest BCUT2D eigenvalue weighted by molar-refractivity contribution is 7.98. The smallest absolute Gasteiger partial charge is 0.290 e. The van der Waals surface area contributed by atoms with Crippen LogP contribution in [0.4, 0.5) is 0 Å². The standard InChI is InChI=1S/C39H52N6O9S/c1-39(2,3)34-38(52)45-22-27(54-17-11-16-53-26-15-10-12-24(18-26)19-30(46)43-34)20-29(45)35(49)41-28(23-55-6)33(48)36(50)40-21-31(47)42-32(37(51)44(4)5)25-13-8-7-9-14-25/h7-10,12-15,18,27-29,32,34H,11,16-17,19-23H2,1-6H3,(H,40,50)(H,41,49)(H,42,47)(H,43,46)/t27-,28?,29+,32+,34-/m1/s1. The molecular formula is C39H52N6O9S. The molecule has 4 bridgehead atoms. The van der Waals surface area contributed by atoms with Crippen LogP contribution in [-0.2, 0) is 44.7 Å². The zero-order valence-electron chi connectivity index (χ0n) is 32.2. The summed E-state index contributed by atoms with van der Waals surface area (Å²) in [6.07, 6.45) is 1.84. The van der Waals surface area contributed by atoms with E-state index >= 15 is 0 Å². The van der Waals surface area contributed by atoms with Gasteiger partial charge in [-0.05, 0) is 34.9 Å². The van der Waals surface area contributed by atoms with Gasteiger partial charge in [-0.3, -0.25) is 33.6 Å². The molecule has 2 aromatic rings. The van der Waals surface area contributed by atoms with E-state index < -0.39 is 71.6 Å². The average molecular weight is 781 g/mol. The number of fused-ring (bicyclic) bond motifs is 4. The van der Waals surface area contributed by atoms with Crippen LogP contribution in [0, 0.1) is 5.41 Å². The van der Waals surface area contributed by atoms with Gasteiger partial charge in [-0.15, -0.1) is 0 Å². The molecule has 0 aliphatic carbocycles. The van der Waals surface area contributed by atoms with Gasteiger partial charge in [0.1, 0.15) is 29.9 Å². The summed E-state index contributed by atoms with van der Waals surface area (Å²) in [7, 11) is 3.10. The lowest BCUT2D eigenvalue weighted by Crippen LogP contribution is -2.59. The monoisotopic (exact) mass is 780 g/mol. The van der Waals surface area contributed by atoms with Crippen molar-refractivity contribution in [3.63, 3.8) is 0 Å². The topological polar surface area (TPSA) is 193 Å². The minimum atomic E-state index is -1.29. The van der Waals surface area contributed by atoms with Crippen molar-refractivity contribution in [2.75, 3.05) is 52.4 Å². The van der Waals surface area contributed by atoms with Crippen molar-refractivity contribution in [2.24, 2.45) is 5.41 Å². The van der Waals surface area contributed by atoms with Crippen LogP contribution >= 0.6 is 11.8 Å². The molecule has 0 radical (unpaired) electrons. The molecule has 15 nitrogen and oxygen atoms in total. The Kier molecular flexibility index (Phi) is 15.2. The Morgan fingerprint density at radius 2 is 1.73 bits per heavy atom. The van der Waals surface area contributed by atoms with Crippen LogP contribution in [0.1, 0.15) is 50.8 Å². The van der Waals surface area contributed by atoms with E-state index in [2.05, 4.69) is 21.3 Å². The average Bonchev–Trinajstić information content (AvgIpc) is 3.58. The fourth-order valence-corrected chi connectivity index (χ4v) is 6.86. The molecule has 6 amide bonds. The first kappa shape index (κ1) is 42.8. The maximum atomic E-state index is 14.3. The van der Waals surface area contributed by atoms with Crippen LogP contribution in [0.15, 0.2) is 54.6 Å². The fourth-order valence-electron chi connectivity index (χ4n) is 6.29. The van der Waals surface area contributed by atoms with Crippen molar-refractivity contribution in [3.8, 4) is 5.75 Å². The van der Waals surface area contributed by atoms with E-state index in [-0.39, 0.29) is 37.0 Å².